The second-order valence-electron chi connectivity index (χ2n) is 5.72. The number of halogens is 1. The summed E-state index contributed by atoms with van der Waals surface area (Å²) in [4.78, 5) is 12.2. The lowest BCUT2D eigenvalue weighted by Gasteiger charge is -2.30. The quantitative estimate of drug-likeness (QED) is 0.864. The standard InChI is InChI=1S/C15H20ClNO2/c1-10-4-5-13-11(8-10)12(6-7-19-13)17-14(18)15(2,3)9-16/h4-5,8,12H,6-7,9H2,1-3H3,(H,17,18). The van der Waals surface area contributed by atoms with Crippen molar-refractivity contribution in [1.82, 2.24) is 5.32 Å². The van der Waals surface area contributed by atoms with E-state index in [1.165, 1.54) is 5.56 Å². The van der Waals surface area contributed by atoms with Crippen molar-refractivity contribution < 1.29 is 9.53 Å². The third kappa shape index (κ3) is 3.03. The Labute approximate surface area is 119 Å². The van der Waals surface area contributed by atoms with Crippen LogP contribution in [0.4, 0.5) is 0 Å². The van der Waals surface area contributed by atoms with Gasteiger partial charge in [0.1, 0.15) is 5.75 Å². The van der Waals surface area contributed by atoms with Crippen LogP contribution in [-0.4, -0.2) is 18.4 Å². The molecule has 0 saturated heterocycles. The van der Waals surface area contributed by atoms with E-state index in [1.54, 1.807) is 0 Å². The van der Waals surface area contributed by atoms with Crippen LogP contribution in [-0.2, 0) is 4.79 Å². The number of carbonyl (C=O) groups is 1. The Morgan fingerprint density at radius 2 is 2.26 bits per heavy atom. The smallest absolute Gasteiger partial charge is 0.227 e. The van der Waals surface area contributed by atoms with E-state index in [9.17, 15) is 4.79 Å². The molecular formula is C15H20ClNO2. The Balaban J connectivity index is 2.20. The molecule has 1 amide bonds. The molecule has 1 aromatic carbocycles. The van der Waals surface area contributed by atoms with Gasteiger partial charge in [-0.15, -0.1) is 11.6 Å². The summed E-state index contributed by atoms with van der Waals surface area (Å²) in [5, 5.41) is 3.09. The van der Waals surface area contributed by atoms with E-state index in [2.05, 4.69) is 11.4 Å². The normalized spacial score (nSPS) is 18.4. The average Bonchev–Trinajstić information content (AvgIpc) is 2.39. The molecule has 0 spiro atoms. The molecule has 1 heterocycles. The summed E-state index contributed by atoms with van der Waals surface area (Å²) in [7, 11) is 0. The summed E-state index contributed by atoms with van der Waals surface area (Å²) < 4.78 is 5.62. The van der Waals surface area contributed by atoms with Gasteiger partial charge in [0.05, 0.1) is 18.1 Å². The molecule has 0 aliphatic carbocycles. The molecule has 19 heavy (non-hydrogen) atoms. The number of nitrogens with one attached hydrogen (secondary N) is 1. The first-order valence-electron chi connectivity index (χ1n) is 6.54. The molecule has 1 aliphatic rings. The van der Waals surface area contributed by atoms with Crippen LogP contribution in [0.2, 0.25) is 0 Å². The van der Waals surface area contributed by atoms with Crippen molar-refractivity contribution in [3.63, 3.8) is 0 Å². The van der Waals surface area contributed by atoms with Gasteiger partial charge in [0.2, 0.25) is 5.91 Å². The van der Waals surface area contributed by atoms with Gasteiger partial charge in [0.25, 0.3) is 0 Å². The summed E-state index contributed by atoms with van der Waals surface area (Å²) >= 11 is 5.85. The van der Waals surface area contributed by atoms with E-state index in [4.69, 9.17) is 16.3 Å². The Morgan fingerprint density at radius 3 is 2.95 bits per heavy atom. The molecule has 2 rings (SSSR count). The van der Waals surface area contributed by atoms with Crippen molar-refractivity contribution in [3.05, 3.63) is 29.3 Å². The highest BCUT2D eigenvalue weighted by atomic mass is 35.5. The number of amides is 1. The third-order valence-electron chi connectivity index (χ3n) is 3.46. The van der Waals surface area contributed by atoms with Crippen LogP contribution in [0.1, 0.15) is 37.4 Å². The minimum Gasteiger partial charge on any atom is -0.493 e. The fraction of sp³-hybridized carbons (Fsp3) is 0.533. The summed E-state index contributed by atoms with van der Waals surface area (Å²) in [6, 6.07) is 6.08. The summed E-state index contributed by atoms with van der Waals surface area (Å²) in [6.07, 6.45) is 0.792. The largest absolute Gasteiger partial charge is 0.493 e. The molecule has 0 bridgehead atoms. The van der Waals surface area contributed by atoms with Gasteiger partial charge in [0.15, 0.2) is 0 Å². The number of carbonyl (C=O) groups excluding carboxylic acids is 1. The molecule has 1 aliphatic heterocycles. The fourth-order valence-electron chi connectivity index (χ4n) is 2.08. The van der Waals surface area contributed by atoms with Gasteiger partial charge in [-0.05, 0) is 26.8 Å². The Hall–Kier alpha value is -1.22. The molecule has 1 N–H and O–H groups in total. The third-order valence-corrected chi connectivity index (χ3v) is 4.13. The van der Waals surface area contributed by atoms with Gasteiger partial charge in [-0.3, -0.25) is 4.79 Å². The van der Waals surface area contributed by atoms with Crippen molar-refractivity contribution in [2.24, 2.45) is 5.41 Å². The summed E-state index contributed by atoms with van der Waals surface area (Å²) in [6.45, 7) is 6.37. The van der Waals surface area contributed by atoms with E-state index in [1.807, 2.05) is 32.9 Å². The lowest BCUT2D eigenvalue weighted by Crippen LogP contribution is -2.41. The summed E-state index contributed by atoms with van der Waals surface area (Å²) in [5.74, 6) is 1.16. The minimum absolute atomic E-state index is 0.0122. The minimum atomic E-state index is -0.552. The molecule has 0 saturated carbocycles. The highest BCUT2D eigenvalue weighted by Gasteiger charge is 2.30. The molecule has 104 valence electrons. The zero-order chi connectivity index (χ0) is 14.0. The Morgan fingerprint density at radius 1 is 1.53 bits per heavy atom. The zero-order valence-electron chi connectivity index (χ0n) is 11.6. The number of hydrogen-bond acceptors (Lipinski definition) is 2. The monoisotopic (exact) mass is 281 g/mol. The first kappa shape index (κ1) is 14.2. The molecule has 0 radical (unpaired) electrons. The second kappa shape index (κ2) is 5.41. The number of aryl methyl sites for hydroxylation is 1. The number of ether oxygens (including phenoxy) is 1. The lowest BCUT2D eigenvalue weighted by atomic mass is 9.92. The SMILES string of the molecule is Cc1ccc2c(c1)C(NC(=O)C(C)(C)CCl)CCO2. The van der Waals surface area contributed by atoms with E-state index >= 15 is 0 Å². The predicted molar refractivity (Wildman–Crippen MR) is 76.7 cm³/mol. The molecule has 0 fully saturated rings. The van der Waals surface area contributed by atoms with Crippen LogP contribution in [0.15, 0.2) is 18.2 Å². The number of rotatable bonds is 3. The van der Waals surface area contributed by atoms with E-state index in [-0.39, 0.29) is 11.9 Å². The van der Waals surface area contributed by atoms with E-state index in [0.717, 1.165) is 17.7 Å². The second-order valence-corrected chi connectivity index (χ2v) is 5.99. The van der Waals surface area contributed by atoms with Gasteiger partial charge < -0.3 is 10.1 Å². The van der Waals surface area contributed by atoms with Crippen LogP contribution in [0.25, 0.3) is 0 Å². The number of alkyl halides is 1. The van der Waals surface area contributed by atoms with Crippen LogP contribution in [0, 0.1) is 12.3 Å². The van der Waals surface area contributed by atoms with Crippen molar-refractivity contribution in [2.45, 2.75) is 33.2 Å². The maximum Gasteiger partial charge on any atom is 0.227 e. The van der Waals surface area contributed by atoms with Crippen molar-refractivity contribution in [1.29, 1.82) is 0 Å². The number of benzene rings is 1. The maximum absolute atomic E-state index is 12.2. The predicted octanol–water partition coefficient (Wildman–Crippen LogP) is 3.20. The van der Waals surface area contributed by atoms with Gasteiger partial charge in [0, 0.05) is 17.9 Å². The number of fused-ring (bicyclic) bond motifs is 1. The molecule has 0 aromatic heterocycles. The van der Waals surface area contributed by atoms with Crippen LogP contribution < -0.4 is 10.1 Å². The van der Waals surface area contributed by atoms with Gasteiger partial charge in [-0.1, -0.05) is 17.7 Å². The molecular weight excluding hydrogens is 262 g/mol. The van der Waals surface area contributed by atoms with Gasteiger partial charge in [-0.25, -0.2) is 0 Å². The van der Waals surface area contributed by atoms with Crippen LogP contribution >= 0.6 is 11.6 Å². The fourth-order valence-corrected chi connectivity index (χ4v) is 2.20. The molecule has 4 heteroatoms. The summed E-state index contributed by atoms with van der Waals surface area (Å²) in [5.41, 5.74) is 1.68. The molecule has 1 atom stereocenters. The van der Waals surface area contributed by atoms with E-state index < -0.39 is 5.41 Å². The highest BCUT2D eigenvalue weighted by Crippen LogP contribution is 2.33. The van der Waals surface area contributed by atoms with Crippen molar-refractivity contribution in [2.75, 3.05) is 12.5 Å². The highest BCUT2D eigenvalue weighted by molar-refractivity contribution is 6.19. The Bertz CT molecular complexity index is 485. The topological polar surface area (TPSA) is 38.3 Å². The van der Waals surface area contributed by atoms with Gasteiger partial charge in [-0.2, -0.15) is 0 Å². The zero-order valence-corrected chi connectivity index (χ0v) is 12.4. The first-order chi connectivity index (χ1) is 8.94. The van der Waals surface area contributed by atoms with Crippen molar-refractivity contribution in [3.8, 4) is 5.75 Å². The van der Waals surface area contributed by atoms with Crippen LogP contribution in [0.5, 0.6) is 5.75 Å². The number of hydrogen-bond donors (Lipinski definition) is 1. The van der Waals surface area contributed by atoms with Crippen LogP contribution in [0.3, 0.4) is 0 Å². The molecule has 3 nitrogen and oxygen atoms in total. The first-order valence-corrected chi connectivity index (χ1v) is 7.08. The van der Waals surface area contributed by atoms with E-state index in [0.29, 0.717) is 12.5 Å². The molecule has 1 aromatic rings. The maximum atomic E-state index is 12.2. The molecule has 1 unspecified atom stereocenters. The van der Waals surface area contributed by atoms with Gasteiger partial charge >= 0.3 is 0 Å². The lowest BCUT2D eigenvalue weighted by molar-refractivity contribution is -0.129. The average molecular weight is 282 g/mol. The van der Waals surface area contributed by atoms with Crippen molar-refractivity contribution >= 4 is 17.5 Å². The Kier molecular flexibility index (Phi) is 4.04.